The van der Waals surface area contributed by atoms with E-state index >= 15 is 0 Å². The quantitative estimate of drug-likeness (QED) is 0.843. The maximum Gasteiger partial charge on any atom is 0.115 e. The summed E-state index contributed by atoms with van der Waals surface area (Å²) in [6, 6.07) is 19.0. The van der Waals surface area contributed by atoms with Crippen LogP contribution >= 0.6 is 0 Å². The monoisotopic (exact) mass is 282 g/mol. The van der Waals surface area contributed by atoms with Gasteiger partial charge in [-0.05, 0) is 43.2 Å². The van der Waals surface area contributed by atoms with Crippen LogP contribution in [-0.4, -0.2) is 28.6 Å². The molecule has 1 aliphatic heterocycles. The summed E-state index contributed by atoms with van der Waals surface area (Å²) in [5.74, 6) is 0.311. The average Bonchev–Trinajstić information content (AvgIpc) is 2.82. The Morgan fingerprint density at radius 3 is 2.52 bits per heavy atom. The number of nitrogens with zero attached hydrogens (tertiary/aromatic N) is 1. The van der Waals surface area contributed by atoms with Crippen molar-refractivity contribution in [3.05, 3.63) is 60.2 Å². The van der Waals surface area contributed by atoms with Crippen LogP contribution in [0.4, 0.5) is 5.69 Å². The molecule has 3 heteroatoms. The number of aromatic hydroxyl groups is 1. The highest BCUT2D eigenvalue weighted by Gasteiger charge is 2.28. The molecule has 2 N–H and O–H groups in total. The van der Waals surface area contributed by atoms with Crippen LogP contribution in [0.5, 0.6) is 5.75 Å². The van der Waals surface area contributed by atoms with Gasteiger partial charge in [-0.2, -0.15) is 0 Å². The summed E-state index contributed by atoms with van der Waals surface area (Å²) in [7, 11) is 0. The summed E-state index contributed by atoms with van der Waals surface area (Å²) < 4.78 is 0. The number of nitrogens with one attached hydrogen (secondary N) is 1. The predicted octanol–water partition coefficient (Wildman–Crippen LogP) is 3.47. The minimum atomic E-state index is 0.311. The highest BCUT2D eigenvalue weighted by molar-refractivity contribution is 5.47. The Labute approximate surface area is 126 Å². The molecule has 2 aromatic carbocycles. The van der Waals surface area contributed by atoms with E-state index in [1.54, 1.807) is 12.1 Å². The lowest BCUT2D eigenvalue weighted by Crippen LogP contribution is -2.28. The smallest absolute Gasteiger partial charge is 0.115 e. The van der Waals surface area contributed by atoms with E-state index in [4.69, 9.17) is 0 Å². The predicted molar refractivity (Wildman–Crippen MR) is 86.4 cm³/mol. The number of rotatable bonds is 4. The van der Waals surface area contributed by atoms with Crippen molar-refractivity contribution in [3.8, 4) is 5.75 Å². The standard InChI is InChI=1S/C18H22N2O/c1-14-11-17(19-16-7-9-18(21)10-8-16)13-20(14)12-15-5-3-2-4-6-15/h2-10,14,17,19,21H,11-13H2,1H3. The molecule has 1 saturated heterocycles. The number of phenolic OH excluding ortho intramolecular Hbond substituents is 1. The highest BCUT2D eigenvalue weighted by Crippen LogP contribution is 2.24. The van der Waals surface area contributed by atoms with E-state index in [2.05, 4.69) is 47.5 Å². The van der Waals surface area contributed by atoms with Crippen molar-refractivity contribution in [3.63, 3.8) is 0 Å². The van der Waals surface area contributed by atoms with Crippen molar-refractivity contribution in [2.75, 3.05) is 11.9 Å². The van der Waals surface area contributed by atoms with Gasteiger partial charge in [-0.1, -0.05) is 30.3 Å². The van der Waals surface area contributed by atoms with Gasteiger partial charge in [0.1, 0.15) is 5.75 Å². The van der Waals surface area contributed by atoms with Crippen LogP contribution in [-0.2, 0) is 6.54 Å². The van der Waals surface area contributed by atoms with E-state index in [0.717, 1.165) is 25.2 Å². The second-order valence-electron chi connectivity index (χ2n) is 5.89. The number of likely N-dealkylation sites (tertiary alicyclic amines) is 1. The number of phenols is 1. The average molecular weight is 282 g/mol. The van der Waals surface area contributed by atoms with Crippen LogP contribution in [0.25, 0.3) is 0 Å². The van der Waals surface area contributed by atoms with Gasteiger partial charge in [-0.15, -0.1) is 0 Å². The molecule has 2 unspecified atom stereocenters. The topological polar surface area (TPSA) is 35.5 Å². The molecule has 1 fully saturated rings. The van der Waals surface area contributed by atoms with Gasteiger partial charge in [0, 0.05) is 30.9 Å². The fourth-order valence-corrected chi connectivity index (χ4v) is 3.03. The Morgan fingerprint density at radius 1 is 1.10 bits per heavy atom. The van der Waals surface area contributed by atoms with Gasteiger partial charge in [0.25, 0.3) is 0 Å². The molecule has 0 radical (unpaired) electrons. The van der Waals surface area contributed by atoms with E-state index in [1.165, 1.54) is 5.56 Å². The van der Waals surface area contributed by atoms with Gasteiger partial charge in [-0.3, -0.25) is 4.90 Å². The molecule has 0 spiro atoms. The molecule has 21 heavy (non-hydrogen) atoms. The van der Waals surface area contributed by atoms with Crippen LogP contribution in [0.2, 0.25) is 0 Å². The van der Waals surface area contributed by atoms with Crippen LogP contribution in [0.3, 0.4) is 0 Å². The van der Waals surface area contributed by atoms with Crippen molar-refractivity contribution < 1.29 is 5.11 Å². The Kier molecular flexibility index (Phi) is 4.11. The lowest BCUT2D eigenvalue weighted by Gasteiger charge is -2.21. The first-order valence-electron chi connectivity index (χ1n) is 7.54. The largest absolute Gasteiger partial charge is 0.508 e. The van der Waals surface area contributed by atoms with Crippen molar-refractivity contribution in [1.82, 2.24) is 4.90 Å². The van der Waals surface area contributed by atoms with Gasteiger partial charge >= 0.3 is 0 Å². The van der Waals surface area contributed by atoms with Gasteiger partial charge in [-0.25, -0.2) is 0 Å². The molecule has 0 amide bonds. The number of benzene rings is 2. The van der Waals surface area contributed by atoms with Crippen LogP contribution in [0.1, 0.15) is 18.9 Å². The SMILES string of the molecule is CC1CC(Nc2ccc(O)cc2)CN1Cc1ccccc1. The zero-order chi connectivity index (χ0) is 14.7. The van der Waals surface area contributed by atoms with Crippen molar-refractivity contribution in [2.45, 2.75) is 32.0 Å². The molecule has 1 heterocycles. The number of anilines is 1. The van der Waals surface area contributed by atoms with Crippen LogP contribution in [0, 0.1) is 0 Å². The van der Waals surface area contributed by atoms with E-state index < -0.39 is 0 Å². The summed E-state index contributed by atoms with van der Waals surface area (Å²) in [5.41, 5.74) is 2.45. The molecule has 0 aromatic heterocycles. The summed E-state index contributed by atoms with van der Waals surface area (Å²) in [4.78, 5) is 2.52. The first kappa shape index (κ1) is 14.0. The molecular weight excluding hydrogens is 260 g/mol. The fraction of sp³-hybridized carbons (Fsp3) is 0.333. The number of hydrogen-bond acceptors (Lipinski definition) is 3. The highest BCUT2D eigenvalue weighted by atomic mass is 16.3. The normalized spacial score (nSPS) is 22.3. The molecule has 0 saturated carbocycles. The molecule has 1 aliphatic rings. The molecular formula is C18H22N2O. The van der Waals surface area contributed by atoms with Crippen molar-refractivity contribution >= 4 is 5.69 Å². The molecule has 3 nitrogen and oxygen atoms in total. The minimum absolute atomic E-state index is 0.311. The second-order valence-corrected chi connectivity index (χ2v) is 5.89. The lowest BCUT2D eigenvalue weighted by atomic mass is 10.1. The van der Waals surface area contributed by atoms with Gasteiger partial charge in [0.15, 0.2) is 0 Å². The molecule has 2 aromatic rings. The third kappa shape index (κ3) is 3.56. The maximum absolute atomic E-state index is 9.33. The molecule has 3 rings (SSSR count). The Hall–Kier alpha value is -2.00. The minimum Gasteiger partial charge on any atom is -0.508 e. The molecule has 110 valence electrons. The lowest BCUT2D eigenvalue weighted by molar-refractivity contribution is 0.259. The third-order valence-corrected chi connectivity index (χ3v) is 4.17. The summed E-state index contributed by atoms with van der Waals surface area (Å²) in [6.45, 7) is 4.36. The first-order valence-corrected chi connectivity index (χ1v) is 7.54. The zero-order valence-corrected chi connectivity index (χ0v) is 12.4. The van der Waals surface area contributed by atoms with E-state index in [0.29, 0.717) is 17.8 Å². The zero-order valence-electron chi connectivity index (χ0n) is 12.4. The molecule has 0 aliphatic carbocycles. The van der Waals surface area contributed by atoms with Gasteiger partial charge in [0.2, 0.25) is 0 Å². The number of hydrogen-bond donors (Lipinski definition) is 2. The van der Waals surface area contributed by atoms with E-state index in [9.17, 15) is 5.11 Å². The van der Waals surface area contributed by atoms with Gasteiger partial charge < -0.3 is 10.4 Å². The molecule has 2 atom stereocenters. The maximum atomic E-state index is 9.33. The van der Waals surface area contributed by atoms with Crippen molar-refractivity contribution in [2.24, 2.45) is 0 Å². The Bertz CT molecular complexity index is 568. The Morgan fingerprint density at radius 2 is 1.81 bits per heavy atom. The summed E-state index contributed by atoms with van der Waals surface area (Å²) in [5, 5.41) is 12.9. The van der Waals surface area contributed by atoms with E-state index in [1.807, 2.05) is 12.1 Å². The Balaban J connectivity index is 1.59. The second kappa shape index (κ2) is 6.19. The first-order chi connectivity index (χ1) is 10.2. The summed E-state index contributed by atoms with van der Waals surface area (Å²) in [6.07, 6.45) is 1.15. The van der Waals surface area contributed by atoms with Crippen LogP contribution < -0.4 is 5.32 Å². The molecule has 0 bridgehead atoms. The van der Waals surface area contributed by atoms with Gasteiger partial charge in [0.05, 0.1) is 0 Å². The fourth-order valence-electron chi connectivity index (χ4n) is 3.03. The summed E-state index contributed by atoms with van der Waals surface area (Å²) >= 11 is 0. The third-order valence-electron chi connectivity index (χ3n) is 4.17. The van der Waals surface area contributed by atoms with Crippen molar-refractivity contribution in [1.29, 1.82) is 0 Å². The van der Waals surface area contributed by atoms with E-state index in [-0.39, 0.29) is 0 Å². The van der Waals surface area contributed by atoms with Crippen LogP contribution in [0.15, 0.2) is 54.6 Å².